The van der Waals surface area contributed by atoms with E-state index in [1.165, 1.54) is 21.4 Å². The van der Waals surface area contributed by atoms with Gasteiger partial charge in [0.2, 0.25) is 0 Å². The van der Waals surface area contributed by atoms with Gasteiger partial charge in [0, 0.05) is 12.0 Å². The molecule has 0 amide bonds. The first kappa shape index (κ1) is 14.2. The van der Waals surface area contributed by atoms with E-state index in [1.807, 2.05) is 6.92 Å². The lowest BCUT2D eigenvalue weighted by molar-refractivity contribution is 0.0958. The van der Waals surface area contributed by atoms with Crippen molar-refractivity contribution in [2.75, 3.05) is 0 Å². The van der Waals surface area contributed by atoms with Crippen molar-refractivity contribution in [1.82, 2.24) is 4.98 Å². The van der Waals surface area contributed by atoms with E-state index in [9.17, 15) is 13.6 Å². The summed E-state index contributed by atoms with van der Waals surface area (Å²) in [6.45, 7) is 3.71. The topological polar surface area (TPSA) is 30.0 Å². The maximum absolute atomic E-state index is 13.1. The van der Waals surface area contributed by atoms with Crippen LogP contribution in [0.4, 0.5) is 8.78 Å². The highest BCUT2D eigenvalue weighted by molar-refractivity contribution is 7.17. The van der Waals surface area contributed by atoms with Gasteiger partial charge in [-0.3, -0.25) is 9.78 Å². The molecule has 1 rings (SSSR count). The predicted molar refractivity (Wildman–Crippen MR) is 66.5 cm³/mol. The largest absolute Gasteiger partial charge is 0.300 e. The lowest BCUT2D eigenvalue weighted by Gasteiger charge is -2.13. The minimum Gasteiger partial charge on any atom is -0.294 e. The molecule has 1 unspecified atom stereocenters. The first-order chi connectivity index (χ1) is 7.90. The molecule has 5 heteroatoms. The summed E-state index contributed by atoms with van der Waals surface area (Å²) in [6, 6.07) is 2.67. The van der Waals surface area contributed by atoms with E-state index in [-0.39, 0.29) is 11.5 Å². The molecule has 0 aromatic carbocycles. The molecule has 1 atom stereocenters. The van der Waals surface area contributed by atoms with Crippen LogP contribution in [0.5, 0.6) is 0 Å². The van der Waals surface area contributed by atoms with Gasteiger partial charge in [-0.15, -0.1) is 0 Å². The van der Waals surface area contributed by atoms with Crippen molar-refractivity contribution in [3.05, 3.63) is 29.1 Å². The number of aryl methyl sites for hydroxylation is 1. The van der Waals surface area contributed by atoms with Gasteiger partial charge < -0.3 is 0 Å². The van der Waals surface area contributed by atoms with E-state index in [0.717, 1.165) is 6.42 Å². The van der Waals surface area contributed by atoms with Gasteiger partial charge in [-0.2, -0.15) is 8.78 Å². The third-order valence-electron chi connectivity index (χ3n) is 2.43. The average Bonchev–Trinajstić information content (AvgIpc) is 2.27. The van der Waals surface area contributed by atoms with Crippen molar-refractivity contribution in [1.29, 1.82) is 0 Å². The van der Waals surface area contributed by atoms with Crippen LogP contribution >= 0.6 is 9.24 Å². The van der Waals surface area contributed by atoms with E-state index in [2.05, 4.69) is 4.98 Å². The number of aromatic nitrogens is 1. The number of hydrogen-bond acceptors (Lipinski definition) is 2. The molecule has 1 aromatic heterocycles. The Morgan fingerprint density at radius 1 is 1.41 bits per heavy atom. The summed E-state index contributed by atoms with van der Waals surface area (Å²) in [6.07, 6.45) is 1.63. The molecule has 2 nitrogen and oxygen atoms in total. The van der Waals surface area contributed by atoms with E-state index in [0.29, 0.717) is 24.1 Å². The van der Waals surface area contributed by atoms with Crippen molar-refractivity contribution >= 4 is 15.0 Å². The van der Waals surface area contributed by atoms with Gasteiger partial charge in [0.25, 0.3) is 5.66 Å². The second-order valence-electron chi connectivity index (χ2n) is 3.84. The van der Waals surface area contributed by atoms with Crippen LogP contribution in [0.2, 0.25) is 0 Å². The van der Waals surface area contributed by atoms with Crippen LogP contribution < -0.4 is 0 Å². The van der Waals surface area contributed by atoms with Crippen LogP contribution in [0.1, 0.15) is 48.4 Å². The molecular formula is C12H16F2NOP. The Morgan fingerprint density at radius 2 is 2.06 bits per heavy atom. The van der Waals surface area contributed by atoms with Crippen molar-refractivity contribution in [3.63, 3.8) is 0 Å². The van der Waals surface area contributed by atoms with Gasteiger partial charge in [0.05, 0.1) is 5.69 Å². The summed E-state index contributed by atoms with van der Waals surface area (Å²) in [5.74, 6) is -0.0320. The standard InChI is InChI=1S/C12H16F2NOP/c1-3-5-10(16)8-6-7-11(12(13,14)17)15-9(8)4-2/h6-7H,3-5,17H2,1-2H3. The molecule has 0 aliphatic carbocycles. The molecular weight excluding hydrogens is 243 g/mol. The van der Waals surface area contributed by atoms with Crippen molar-refractivity contribution in [2.24, 2.45) is 0 Å². The summed E-state index contributed by atoms with van der Waals surface area (Å²) in [7, 11) is 1.45. The molecule has 0 saturated carbocycles. The maximum Gasteiger partial charge on any atom is 0.300 e. The number of Topliss-reactive ketones (excluding diaryl/α,β-unsaturated/α-hetero) is 1. The van der Waals surface area contributed by atoms with E-state index >= 15 is 0 Å². The van der Waals surface area contributed by atoms with Gasteiger partial charge >= 0.3 is 0 Å². The highest BCUT2D eigenvalue weighted by Gasteiger charge is 2.27. The average molecular weight is 259 g/mol. The lowest BCUT2D eigenvalue weighted by atomic mass is 10.0. The molecule has 94 valence electrons. The van der Waals surface area contributed by atoms with Gasteiger partial charge in [-0.25, -0.2) is 0 Å². The molecule has 17 heavy (non-hydrogen) atoms. The molecule has 0 aliphatic rings. The van der Waals surface area contributed by atoms with Crippen molar-refractivity contribution < 1.29 is 13.6 Å². The Hall–Kier alpha value is -0.890. The molecule has 0 fully saturated rings. The molecule has 0 N–H and O–H groups in total. The first-order valence-corrected chi connectivity index (χ1v) is 6.18. The molecule has 0 bridgehead atoms. The summed E-state index contributed by atoms with van der Waals surface area (Å²) in [5, 5.41) is 0. The van der Waals surface area contributed by atoms with E-state index in [4.69, 9.17) is 0 Å². The molecule has 1 aromatic rings. The van der Waals surface area contributed by atoms with Crippen molar-refractivity contribution in [3.8, 4) is 0 Å². The third kappa shape index (κ3) is 3.53. The fourth-order valence-corrected chi connectivity index (χ4v) is 1.73. The van der Waals surface area contributed by atoms with Crippen LogP contribution in [0.15, 0.2) is 12.1 Å². The quantitative estimate of drug-likeness (QED) is 0.598. The molecule has 0 spiro atoms. The van der Waals surface area contributed by atoms with E-state index in [1.54, 1.807) is 6.92 Å². The number of halogens is 2. The molecule has 0 radical (unpaired) electrons. The fraction of sp³-hybridized carbons (Fsp3) is 0.500. The second-order valence-corrected chi connectivity index (χ2v) is 4.57. The second kappa shape index (κ2) is 5.63. The van der Waals surface area contributed by atoms with E-state index < -0.39 is 5.66 Å². The first-order valence-electron chi connectivity index (χ1n) is 5.60. The highest BCUT2D eigenvalue weighted by atomic mass is 31.0. The number of pyridine rings is 1. The predicted octanol–water partition coefficient (Wildman–Crippen LogP) is 3.55. The monoisotopic (exact) mass is 259 g/mol. The number of rotatable bonds is 5. The Bertz CT molecular complexity index is 415. The number of alkyl halides is 2. The summed E-state index contributed by atoms with van der Waals surface area (Å²) in [4.78, 5) is 15.6. The Morgan fingerprint density at radius 3 is 2.53 bits per heavy atom. The molecule has 0 aliphatic heterocycles. The minimum absolute atomic E-state index is 0.0320. The van der Waals surface area contributed by atoms with Gasteiger partial charge in [-0.1, -0.05) is 23.1 Å². The normalized spacial score (nSPS) is 11.6. The fourth-order valence-electron chi connectivity index (χ4n) is 1.57. The van der Waals surface area contributed by atoms with Crippen LogP contribution in [-0.2, 0) is 12.1 Å². The maximum atomic E-state index is 13.1. The van der Waals surface area contributed by atoms with Crippen LogP contribution in [0.3, 0.4) is 0 Å². The Labute approximate surface area is 102 Å². The summed E-state index contributed by atoms with van der Waals surface area (Å²) < 4.78 is 26.1. The van der Waals surface area contributed by atoms with Gasteiger partial charge in [-0.05, 0) is 25.0 Å². The zero-order valence-electron chi connectivity index (χ0n) is 9.96. The lowest BCUT2D eigenvalue weighted by Crippen LogP contribution is -2.11. The Balaban J connectivity index is 3.14. The minimum atomic E-state index is -3.05. The smallest absolute Gasteiger partial charge is 0.294 e. The van der Waals surface area contributed by atoms with Crippen LogP contribution in [0, 0.1) is 0 Å². The SMILES string of the molecule is CCCC(=O)c1ccc(C(F)(F)P)nc1CC. The zero-order valence-corrected chi connectivity index (χ0v) is 11.1. The number of ketones is 1. The number of carbonyl (C=O) groups excluding carboxylic acids is 1. The van der Waals surface area contributed by atoms with Crippen LogP contribution in [0.25, 0.3) is 0 Å². The Kier molecular flexibility index (Phi) is 4.70. The summed E-state index contributed by atoms with van der Waals surface area (Å²) >= 11 is 0. The van der Waals surface area contributed by atoms with Crippen molar-refractivity contribution in [2.45, 2.75) is 38.8 Å². The number of carbonyl (C=O) groups is 1. The molecule has 0 saturated heterocycles. The van der Waals surface area contributed by atoms with Gasteiger partial charge in [0.1, 0.15) is 5.69 Å². The number of nitrogens with zero attached hydrogens (tertiary/aromatic N) is 1. The third-order valence-corrected chi connectivity index (χ3v) is 2.72. The zero-order chi connectivity index (χ0) is 13.1. The molecule has 1 heterocycles. The summed E-state index contributed by atoms with van der Waals surface area (Å²) in [5.41, 5.74) is -2.45. The highest BCUT2D eigenvalue weighted by Crippen LogP contribution is 2.33. The number of hydrogen-bond donors (Lipinski definition) is 0. The van der Waals surface area contributed by atoms with Gasteiger partial charge in [0.15, 0.2) is 5.78 Å². The van der Waals surface area contributed by atoms with Crippen LogP contribution in [-0.4, -0.2) is 10.8 Å².